The van der Waals surface area contributed by atoms with Gasteiger partial charge in [0, 0.05) is 12.6 Å². The van der Waals surface area contributed by atoms with E-state index in [4.69, 9.17) is 9.84 Å². The maximum Gasteiger partial charge on any atom is 0.246 e. The third kappa shape index (κ3) is 2.94. The fraction of sp³-hybridized carbons (Fsp3) is 0.538. The molecule has 0 spiro atoms. The van der Waals surface area contributed by atoms with Crippen molar-refractivity contribution in [3.8, 4) is 0 Å². The first-order chi connectivity index (χ1) is 9.78. The summed E-state index contributed by atoms with van der Waals surface area (Å²) in [5, 5.41) is 8.99. The Labute approximate surface area is 122 Å². The van der Waals surface area contributed by atoms with Gasteiger partial charge in [0.15, 0.2) is 5.82 Å². The third-order valence-electron chi connectivity index (χ3n) is 3.45. The number of benzene rings is 1. The van der Waals surface area contributed by atoms with Crippen LogP contribution >= 0.6 is 0 Å². The topological polar surface area (TPSA) is 66.8 Å². The second kappa shape index (κ2) is 5.96. The highest BCUT2D eigenvalue weighted by molar-refractivity contribution is 7.89. The van der Waals surface area contributed by atoms with Gasteiger partial charge in [-0.15, -0.1) is 0 Å². The van der Waals surface area contributed by atoms with E-state index in [9.17, 15) is 17.2 Å². The van der Waals surface area contributed by atoms with Crippen molar-refractivity contribution >= 4 is 10.0 Å². The van der Waals surface area contributed by atoms with Gasteiger partial charge in [-0.1, -0.05) is 0 Å². The van der Waals surface area contributed by atoms with Gasteiger partial charge in [0.1, 0.15) is 10.7 Å². The summed E-state index contributed by atoms with van der Waals surface area (Å²) >= 11 is 0. The number of morpholine rings is 1. The average molecular weight is 321 g/mol. The van der Waals surface area contributed by atoms with Crippen LogP contribution < -0.4 is 0 Å². The summed E-state index contributed by atoms with van der Waals surface area (Å²) in [4.78, 5) is -0.631. The first-order valence-electron chi connectivity index (χ1n) is 6.50. The third-order valence-corrected chi connectivity index (χ3v) is 5.44. The molecule has 1 aromatic rings. The number of hydrogen-bond donors (Lipinski definition) is 1. The minimum Gasteiger partial charge on any atom is -0.391 e. The predicted molar refractivity (Wildman–Crippen MR) is 71.0 cm³/mol. The van der Waals surface area contributed by atoms with Gasteiger partial charge in [0.2, 0.25) is 10.0 Å². The number of sulfonamides is 1. The molecule has 5 nitrogen and oxygen atoms in total. The standard InChI is InChI=1S/C13H17F2NO4S/c1-8-7-20-9(2)5-16(8)21(18,19)12-4-3-11(14)10(6-17)13(12)15/h3-4,8-9,17H,5-7H2,1-2H3. The SMILES string of the molecule is CC1CN(S(=O)(=O)c2ccc(F)c(CO)c2F)C(C)CO1. The van der Waals surface area contributed by atoms with Gasteiger partial charge >= 0.3 is 0 Å². The summed E-state index contributed by atoms with van der Waals surface area (Å²) in [7, 11) is -4.12. The number of rotatable bonds is 3. The molecule has 8 heteroatoms. The molecule has 2 unspecified atom stereocenters. The molecule has 0 amide bonds. The molecule has 2 rings (SSSR count). The van der Waals surface area contributed by atoms with Crippen LogP contribution in [-0.4, -0.2) is 43.1 Å². The van der Waals surface area contributed by atoms with E-state index in [-0.39, 0.29) is 19.3 Å². The van der Waals surface area contributed by atoms with Crippen LogP contribution in [-0.2, 0) is 21.4 Å². The van der Waals surface area contributed by atoms with E-state index in [1.807, 2.05) is 0 Å². The fourth-order valence-electron chi connectivity index (χ4n) is 2.25. The minimum absolute atomic E-state index is 0.0920. The lowest BCUT2D eigenvalue weighted by atomic mass is 10.2. The molecule has 1 aliphatic heterocycles. The number of nitrogens with zero attached hydrogens (tertiary/aromatic N) is 1. The Bertz CT molecular complexity index is 635. The number of halogens is 2. The molecule has 0 saturated carbocycles. The Balaban J connectivity index is 2.49. The molecular formula is C13H17F2NO4S. The Morgan fingerprint density at radius 1 is 1.38 bits per heavy atom. The molecule has 1 fully saturated rings. The quantitative estimate of drug-likeness (QED) is 0.910. The van der Waals surface area contributed by atoms with Crippen LogP contribution in [0.2, 0.25) is 0 Å². The summed E-state index contributed by atoms with van der Waals surface area (Å²) in [6.45, 7) is 2.76. The van der Waals surface area contributed by atoms with Crippen LogP contribution in [0.5, 0.6) is 0 Å². The minimum atomic E-state index is -4.12. The van der Waals surface area contributed by atoms with E-state index >= 15 is 0 Å². The average Bonchev–Trinajstić information content (AvgIpc) is 2.41. The van der Waals surface area contributed by atoms with E-state index < -0.39 is 44.8 Å². The number of ether oxygens (including phenoxy) is 1. The molecule has 0 bridgehead atoms. The van der Waals surface area contributed by atoms with Crippen LogP contribution in [0.1, 0.15) is 19.4 Å². The summed E-state index contributed by atoms with van der Waals surface area (Å²) in [5.41, 5.74) is -0.648. The zero-order valence-electron chi connectivity index (χ0n) is 11.7. The van der Waals surface area contributed by atoms with E-state index in [1.165, 1.54) is 0 Å². The molecule has 2 atom stereocenters. The van der Waals surface area contributed by atoms with Crippen molar-refractivity contribution in [1.29, 1.82) is 0 Å². The second-order valence-corrected chi connectivity index (χ2v) is 6.92. The Kier molecular flexibility index (Phi) is 4.62. The van der Waals surface area contributed by atoms with Gasteiger partial charge in [0.25, 0.3) is 0 Å². The smallest absolute Gasteiger partial charge is 0.246 e. The van der Waals surface area contributed by atoms with E-state index in [2.05, 4.69) is 0 Å². The van der Waals surface area contributed by atoms with Crippen LogP contribution in [0.3, 0.4) is 0 Å². The maximum atomic E-state index is 14.2. The lowest BCUT2D eigenvalue weighted by Crippen LogP contribution is -2.50. The van der Waals surface area contributed by atoms with Crippen LogP contribution in [0.4, 0.5) is 8.78 Å². The molecule has 118 valence electrons. The molecule has 1 saturated heterocycles. The summed E-state index contributed by atoms with van der Waals surface area (Å²) in [6, 6.07) is 1.27. The highest BCUT2D eigenvalue weighted by Crippen LogP contribution is 2.27. The Hall–Kier alpha value is -1.09. The van der Waals surface area contributed by atoms with E-state index in [0.29, 0.717) is 0 Å². The molecule has 1 aliphatic rings. The zero-order valence-corrected chi connectivity index (χ0v) is 12.5. The Morgan fingerprint density at radius 2 is 2.05 bits per heavy atom. The lowest BCUT2D eigenvalue weighted by molar-refractivity contribution is -0.0171. The summed E-state index contributed by atoms with van der Waals surface area (Å²) in [6.07, 6.45) is -0.309. The number of hydrogen-bond acceptors (Lipinski definition) is 4. The monoisotopic (exact) mass is 321 g/mol. The molecule has 1 aromatic carbocycles. The van der Waals surface area contributed by atoms with Crippen molar-refractivity contribution < 1.29 is 27.0 Å². The number of aliphatic hydroxyl groups is 1. The van der Waals surface area contributed by atoms with E-state index in [0.717, 1.165) is 16.4 Å². The fourth-order valence-corrected chi connectivity index (χ4v) is 4.04. The van der Waals surface area contributed by atoms with Gasteiger partial charge in [-0.05, 0) is 26.0 Å². The van der Waals surface area contributed by atoms with Crippen molar-refractivity contribution in [2.75, 3.05) is 13.2 Å². The summed E-state index contributed by atoms with van der Waals surface area (Å²) in [5.74, 6) is -2.22. The van der Waals surface area contributed by atoms with Crippen LogP contribution in [0, 0.1) is 11.6 Å². The van der Waals surface area contributed by atoms with Crippen molar-refractivity contribution in [3.05, 3.63) is 29.3 Å². The van der Waals surface area contributed by atoms with Crippen molar-refractivity contribution in [2.24, 2.45) is 0 Å². The first-order valence-corrected chi connectivity index (χ1v) is 7.94. The van der Waals surface area contributed by atoms with Gasteiger partial charge in [0.05, 0.1) is 24.9 Å². The van der Waals surface area contributed by atoms with Gasteiger partial charge in [-0.2, -0.15) is 4.31 Å². The maximum absolute atomic E-state index is 14.2. The molecule has 0 aromatic heterocycles. The molecule has 21 heavy (non-hydrogen) atoms. The molecule has 0 radical (unpaired) electrons. The molecule has 0 aliphatic carbocycles. The highest BCUT2D eigenvalue weighted by atomic mass is 32.2. The van der Waals surface area contributed by atoms with Crippen LogP contribution in [0.15, 0.2) is 17.0 Å². The van der Waals surface area contributed by atoms with Gasteiger partial charge < -0.3 is 9.84 Å². The Morgan fingerprint density at radius 3 is 2.67 bits per heavy atom. The van der Waals surface area contributed by atoms with E-state index in [1.54, 1.807) is 13.8 Å². The van der Waals surface area contributed by atoms with Gasteiger partial charge in [-0.3, -0.25) is 0 Å². The normalized spacial score (nSPS) is 24.2. The first kappa shape index (κ1) is 16.3. The molecular weight excluding hydrogens is 304 g/mol. The van der Waals surface area contributed by atoms with Crippen molar-refractivity contribution in [1.82, 2.24) is 4.31 Å². The van der Waals surface area contributed by atoms with Crippen LogP contribution in [0.25, 0.3) is 0 Å². The molecule has 1 N–H and O–H groups in total. The largest absolute Gasteiger partial charge is 0.391 e. The lowest BCUT2D eigenvalue weighted by Gasteiger charge is -2.35. The highest BCUT2D eigenvalue weighted by Gasteiger charge is 2.36. The van der Waals surface area contributed by atoms with Crippen molar-refractivity contribution in [2.45, 2.75) is 37.5 Å². The summed E-state index contributed by atoms with van der Waals surface area (Å²) < 4.78 is 59.2. The van der Waals surface area contributed by atoms with Gasteiger partial charge in [-0.25, -0.2) is 17.2 Å². The molecule has 1 heterocycles. The zero-order chi connectivity index (χ0) is 15.8. The van der Waals surface area contributed by atoms with Crippen molar-refractivity contribution in [3.63, 3.8) is 0 Å². The second-order valence-electron chi connectivity index (χ2n) is 5.06. The predicted octanol–water partition coefficient (Wildman–Crippen LogP) is 1.26. The number of aliphatic hydroxyl groups excluding tert-OH is 1.